The van der Waals surface area contributed by atoms with Crippen molar-refractivity contribution >= 4 is 5.91 Å². The molecule has 1 atom stereocenters. The van der Waals surface area contributed by atoms with Gasteiger partial charge in [-0.15, -0.1) is 0 Å². The molecule has 0 heterocycles. The Balaban J connectivity index is 1.36. The van der Waals surface area contributed by atoms with Crippen LogP contribution in [-0.4, -0.2) is 11.9 Å². The Hall–Kier alpha value is -1.35. The second-order valence-corrected chi connectivity index (χ2v) is 7.75. The van der Waals surface area contributed by atoms with Crippen molar-refractivity contribution in [1.29, 1.82) is 0 Å². The quantitative estimate of drug-likeness (QED) is 0.897. The predicted octanol–water partition coefficient (Wildman–Crippen LogP) is 3.02. The maximum atomic E-state index is 12.4. The maximum absolute atomic E-state index is 12.4. The highest BCUT2D eigenvalue weighted by Gasteiger charge is 2.48. The summed E-state index contributed by atoms with van der Waals surface area (Å²) in [7, 11) is 0. The lowest BCUT2D eigenvalue weighted by Gasteiger charge is -2.54. The Morgan fingerprint density at radius 1 is 1.05 bits per heavy atom. The van der Waals surface area contributed by atoms with Crippen molar-refractivity contribution in [2.45, 2.75) is 50.6 Å². The van der Waals surface area contributed by atoms with Crippen molar-refractivity contribution in [3.8, 4) is 0 Å². The van der Waals surface area contributed by atoms with Crippen molar-refractivity contribution in [2.75, 3.05) is 0 Å². The number of benzene rings is 1. The van der Waals surface area contributed by atoms with Gasteiger partial charge in [0, 0.05) is 18.5 Å². The average molecular weight is 298 g/mol. The summed E-state index contributed by atoms with van der Waals surface area (Å²) in [5.41, 5.74) is 7.23. The number of rotatable bonds is 4. The number of carbonyl (C=O) groups excluding carboxylic acids is 1. The van der Waals surface area contributed by atoms with E-state index >= 15 is 0 Å². The van der Waals surface area contributed by atoms with Crippen LogP contribution in [0.3, 0.4) is 0 Å². The lowest BCUT2D eigenvalue weighted by atomic mass is 9.54. The molecule has 0 radical (unpaired) electrons. The monoisotopic (exact) mass is 298 g/mol. The molecule has 3 N–H and O–H groups in total. The molecule has 5 rings (SSSR count). The van der Waals surface area contributed by atoms with Crippen LogP contribution in [0.15, 0.2) is 30.3 Å². The smallest absolute Gasteiger partial charge is 0.222 e. The number of hydrogen-bond acceptors (Lipinski definition) is 2. The summed E-state index contributed by atoms with van der Waals surface area (Å²) in [4.78, 5) is 12.4. The molecule has 0 saturated heterocycles. The van der Waals surface area contributed by atoms with Gasteiger partial charge in [0.15, 0.2) is 0 Å². The Morgan fingerprint density at radius 2 is 1.64 bits per heavy atom. The SMILES string of the molecule is NC(CC(=O)NC1C2CC3CC(C2)CC1C3)c1ccccc1. The van der Waals surface area contributed by atoms with E-state index in [4.69, 9.17) is 5.73 Å². The molecule has 3 nitrogen and oxygen atoms in total. The van der Waals surface area contributed by atoms with Gasteiger partial charge < -0.3 is 11.1 Å². The van der Waals surface area contributed by atoms with E-state index in [2.05, 4.69) is 5.32 Å². The van der Waals surface area contributed by atoms with E-state index in [1.54, 1.807) is 0 Å². The molecule has 0 aromatic heterocycles. The van der Waals surface area contributed by atoms with Crippen LogP contribution in [-0.2, 0) is 4.79 Å². The number of nitrogens with two attached hydrogens (primary N) is 1. The van der Waals surface area contributed by atoms with Gasteiger partial charge in [-0.1, -0.05) is 30.3 Å². The molecule has 1 amide bonds. The zero-order chi connectivity index (χ0) is 15.1. The third-order valence-electron chi connectivity index (χ3n) is 6.19. The van der Waals surface area contributed by atoms with Gasteiger partial charge in [-0.3, -0.25) is 4.79 Å². The summed E-state index contributed by atoms with van der Waals surface area (Å²) in [6.45, 7) is 0. The first-order chi connectivity index (χ1) is 10.7. The van der Waals surface area contributed by atoms with Crippen LogP contribution in [0.1, 0.15) is 50.1 Å². The summed E-state index contributed by atoms with van der Waals surface area (Å²) in [5, 5.41) is 3.34. The van der Waals surface area contributed by atoms with Crippen LogP contribution in [0.25, 0.3) is 0 Å². The molecule has 22 heavy (non-hydrogen) atoms. The van der Waals surface area contributed by atoms with Crippen LogP contribution in [0, 0.1) is 23.7 Å². The summed E-state index contributed by atoms with van der Waals surface area (Å²) < 4.78 is 0. The van der Waals surface area contributed by atoms with Crippen molar-refractivity contribution < 1.29 is 4.79 Å². The number of carbonyl (C=O) groups is 1. The molecular formula is C19H26N2O. The Labute approximate surface area is 132 Å². The molecule has 118 valence electrons. The topological polar surface area (TPSA) is 55.1 Å². The van der Waals surface area contributed by atoms with Gasteiger partial charge in [-0.2, -0.15) is 0 Å². The first-order valence-electron chi connectivity index (χ1n) is 8.79. The van der Waals surface area contributed by atoms with Crippen molar-refractivity contribution in [1.82, 2.24) is 5.32 Å². The van der Waals surface area contributed by atoms with Crippen molar-refractivity contribution in [3.05, 3.63) is 35.9 Å². The molecule has 4 saturated carbocycles. The maximum Gasteiger partial charge on any atom is 0.222 e. The minimum Gasteiger partial charge on any atom is -0.353 e. The van der Waals surface area contributed by atoms with Gasteiger partial charge in [0.2, 0.25) is 5.91 Å². The lowest BCUT2D eigenvalue weighted by Crippen LogP contribution is -2.56. The molecular weight excluding hydrogens is 272 g/mol. The predicted molar refractivity (Wildman–Crippen MR) is 87.0 cm³/mol. The first kappa shape index (κ1) is 14.3. The van der Waals surface area contributed by atoms with Gasteiger partial charge in [-0.05, 0) is 61.3 Å². The third kappa shape index (κ3) is 2.67. The average Bonchev–Trinajstić information content (AvgIpc) is 2.51. The summed E-state index contributed by atoms with van der Waals surface area (Å²) >= 11 is 0. The second-order valence-electron chi connectivity index (χ2n) is 7.75. The molecule has 3 heteroatoms. The Bertz CT molecular complexity index is 514. The summed E-state index contributed by atoms with van der Waals surface area (Å²) in [5.74, 6) is 3.49. The van der Waals surface area contributed by atoms with Gasteiger partial charge in [0.25, 0.3) is 0 Å². The lowest BCUT2D eigenvalue weighted by molar-refractivity contribution is -0.125. The van der Waals surface area contributed by atoms with Gasteiger partial charge in [0.1, 0.15) is 0 Å². The van der Waals surface area contributed by atoms with E-state index in [1.807, 2.05) is 30.3 Å². The molecule has 4 aliphatic rings. The van der Waals surface area contributed by atoms with E-state index in [9.17, 15) is 4.79 Å². The summed E-state index contributed by atoms with van der Waals surface area (Å²) in [6, 6.07) is 10.2. The molecule has 1 aromatic rings. The molecule has 4 fully saturated rings. The van der Waals surface area contributed by atoms with Crippen molar-refractivity contribution in [3.63, 3.8) is 0 Å². The number of amides is 1. The van der Waals surface area contributed by atoms with Crippen molar-refractivity contribution in [2.24, 2.45) is 29.4 Å². The Kier molecular flexibility index (Phi) is 3.69. The highest BCUT2D eigenvalue weighted by atomic mass is 16.1. The molecule has 0 spiro atoms. The summed E-state index contributed by atoms with van der Waals surface area (Å²) in [6.07, 6.45) is 7.19. The Morgan fingerprint density at radius 3 is 2.23 bits per heavy atom. The largest absolute Gasteiger partial charge is 0.353 e. The van der Waals surface area contributed by atoms with Gasteiger partial charge in [-0.25, -0.2) is 0 Å². The highest BCUT2D eigenvalue weighted by Crippen LogP contribution is 2.53. The van der Waals surface area contributed by atoms with Crippen LogP contribution < -0.4 is 11.1 Å². The first-order valence-corrected chi connectivity index (χ1v) is 8.79. The number of nitrogens with one attached hydrogen (secondary N) is 1. The minimum atomic E-state index is -0.196. The van der Waals surface area contributed by atoms with E-state index in [1.165, 1.54) is 32.1 Å². The fourth-order valence-corrected chi connectivity index (χ4v) is 5.42. The zero-order valence-electron chi connectivity index (χ0n) is 13.1. The third-order valence-corrected chi connectivity index (χ3v) is 6.19. The van der Waals surface area contributed by atoms with Crippen LogP contribution >= 0.6 is 0 Å². The number of hydrogen-bond donors (Lipinski definition) is 2. The van der Waals surface area contributed by atoms with E-state index in [0.29, 0.717) is 12.5 Å². The van der Waals surface area contributed by atoms with Gasteiger partial charge in [0.05, 0.1) is 0 Å². The minimum absolute atomic E-state index is 0.133. The van der Waals surface area contributed by atoms with Crippen LogP contribution in [0.4, 0.5) is 0 Å². The molecule has 1 aromatic carbocycles. The molecule has 4 bridgehead atoms. The van der Waals surface area contributed by atoms with E-state index in [0.717, 1.165) is 29.2 Å². The van der Waals surface area contributed by atoms with Crippen LogP contribution in [0.2, 0.25) is 0 Å². The molecule has 1 unspecified atom stereocenters. The van der Waals surface area contributed by atoms with E-state index < -0.39 is 0 Å². The highest BCUT2D eigenvalue weighted by molar-refractivity contribution is 5.77. The molecule has 4 aliphatic carbocycles. The zero-order valence-corrected chi connectivity index (χ0v) is 13.1. The normalized spacial score (nSPS) is 37.0. The second kappa shape index (κ2) is 5.69. The van der Waals surface area contributed by atoms with Gasteiger partial charge >= 0.3 is 0 Å². The van der Waals surface area contributed by atoms with Crippen LogP contribution in [0.5, 0.6) is 0 Å². The fourth-order valence-electron chi connectivity index (χ4n) is 5.42. The fraction of sp³-hybridized carbons (Fsp3) is 0.632. The molecule has 0 aliphatic heterocycles. The standard InChI is InChI=1S/C19H26N2O/c20-17(14-4-2-1-3-5-14)11-18(22)21-19-15-7-12-6-13(9-15)10-16(19)8-12/h1-5,12-13,15-17,19H,6-11,20H2,(H,21,22). The van der Waals surface area contributed by atoms with E-state index in [-0.39, 0.29) is 11.9 Å².